The SMILES string of the molecule is CCN(C)CCNS(=O)(=O)N(CCC(C)C)CCC(C)C. The summed E-state index contributed by atoms with van der Waals surface area (Å²) in [4.78, 5) is 2.09. The van der Waals surface area contributed by atoms with Crippen molar-refractivity contribution in [2.45, 2.75) is 47.5 Å². The molecule has 0 aliphatic carbocycles. The Hall–Kier alpha value is -0.170. The second-order valence-corrected chi connectivity index (χ2v) is 8.31. The molecule has 5 nitrogen and oxygen atoms in total. The van der Waals surface area contributed by atoms with Gasteiger partial charge in [0.25, 0.3) is 10.2 Å². The number of nitrogens with zero attached hydrogens (tertiary/aromatic N) is 2. The summed E-state index contributed by atoms with van der Waals surface area (Å²) < 4.78 is 29.2. The van der Waals surface area contributed by atoms with Crippen molar-refractivity contribution in [1.29, 1.82) is 0 Å². The first-order valence-corrected chi connectivity index (χ1v) is 9.56. The molecular weight excluding hydrogens is 286 g/mol. The van der Waals surface area contributed by atoms with Gasteiger partial charge in [0.15, 0.2) is 0 Å². The van der Waals surface area contributed by atoms with Gasteiger partial charge in [-0.2, -0.15) is 12.7 Å². The van der Waals surface area contributed by atoms with Gasteiger partial charge in [-0.3, -0.25) is 0 Å². The minimum absolute atomic E-state index is 0.465. The number of hydrogen-bond donors (Lipinski definition) is 1. The molecule has 0 radical (unpaired) electrons. The number of hydrogen-bond acceptors (Lipinski definition) is 3. The van der Waals surface area contributed by atoms with Crippen LogP contribution in [0.3, 0.4) is 0 Å². The van der Waals surface area contributed by atoms with Crippen LogP contribution in [0.15, 0.2) is 0 Å². The molecule has 0 unspecified atom stereocenters. The lowest BCUT2D eigenvalue weighted by Gasteiger charge is -2.24. The van der Waals surface area contributed by atoms with Gasteiger partial charge >= 0.3 is 0 Å². The van der Waals surface area contributed by atoms with Crippen molar-refractivity contribution >= 4 is 10.2 Å². The van der Waals surface area contributed by atoms with Gasteiger partial charge in [-0.1, -0.05) is 34.6 Å². The summed E-state index contributed by atoms with van der Waals surface area (Å²) in [6.45, 7) is 13.9. The highest BCUT2D eigenvalue weighted by Crippen LogP contribution is 2.09. The van der Waals surface area contributed by atoms with Gasteiger partial charge in [0.05, 0.1) is 0 Å². The van der Waals surface area contributed by atoms with Crippen molar-refractivity contribution in [3.63, 3.8) is 0 Å². The van der Waals surface area contributed by atoms with Crippen molar-refractivity contribution in [2.24, 2.45) is 11.8 Å². The largest absolute Gasteiger partial charge is 0.305 e. The van der Waals surface area contributed by atoms with E-state index in [9.17, 15) is 8.42 Å². The molecule has 0 fully saturated rings. The Bertz CT molecular complexity index is 344. The predicted molar refractivity (Wildman–Crippen MR) is 90.6 cm³/mol. The lowest BCUT2D eigenvalue weighted by atomic mass is 10.1. The fourth-order valence-corrected chi connectivity index (χ4v) is 2.99. The maximum Gasteiger partial charge on any atom is 0.279 e. The monoisotopic (exact) mass is 321 g/mol. The first-order chi connectivity index (χ1) is 9.69. The van der Waals surface area contributed by atoms with E-state index >= 15 is 0 Å². The second kappa shape index (κ2) is 10.5. The summed E-state index contributed by atoms with van der Waals surface area (Å²) in [6.07, 6.45) is 1.79. The van der Waals surface area contributed by atoms with Crippen LogP contribution in [0.2, 0.25) is 0 Å². The summed E-state index contributed by atoms with van der Waals surface area (Å²) in [5.74, 6) is 1.01. The van der Waals surface area contributed by atoms with Crippen LogP contribution in [0.4, 0.5) is 0 Å². The summed E-state index contributed by atoms with van der Waals surface area (Å²) in [5.41, 5.74) is 0. The normalized spacial score (nSPS) is 13.0. The van der Waals surface area contributed by atoms with Gasteiger partial charge in [-0.05, 0) is 38.3 Å². The standard InChI is InChI=1S/C15H35N3O2S/c1-7-17(6)13-10-16-21(19,20)18(11-8-14(2)3)12-9-15(4)5/h14-16H,7-13H2,1-6H3. The Morgan fingerprint density at radius 1 is 0.952 bits per heavy atom. The van der Waals surface area contributed by atoms with Crippen LogP contribution < -0.4 is 4.72 Å². The average molecular weight is 322 g/mol. The number of likely N-dealkylation sites (N-methyl/N-ethyl adjacent to an activating group) is 1. The summed E-state index contributed by atoms with van der Waals surface area (Å²) in [6, 6.07) is 0. The van der Waals surface area contributed by atoms with Gasteiger partial charge in [0, 0.05) is 26.2 Å². The van der Waals surface area contributed by atoms with Crippen molar-refractivity contribution in [2.75, 3.05) is 39.8 Å². The fraction of sp³-hybridized carbons (Fsp3) is 1.00. The molecular formula is C15H35N3O2S. The molecule has 0 amide bonds. The summed E-state index contributed by atoms with van der Waals surface area (Å²) >= 11 is 0. The smallest absolute Gasteiger partial charge is 0.279 e. The highest BCUT2D eigenvalue weighted by atomic mass is 32.2. The van der Waals surface area contributed by atoms with Gasteiger partial charge in [0.1, 0.15) is 0 Å². The average Bonchev–Trinajstić information content (AvgIpc) is 2.37. The van der Waals surface area contributed by atoms with Gasteiger partial charge in [-0.15, -0.1) is 0 Å². The van der Waals surface area contributed by atoms with E-state index in [2.05, 4.69) is 44.2 Å². The van der Waals surface area contributed by atoms with Gasteiger partial charge in [-0.25, -0.2) is 4.72 Å². The van der Waals surface area contributed by atoms with Crippen LogP contribution in [-0.2, 0) is 10.2 Å². The molecule has 6 heteroatoms. The highest BCUT2D eigenvalue weighted by Gasteiger charge is 2.21. The molecule has 0 saturated heterocycles. The Morgan fingerprint density at radius 2 is 1.43 bits per heavy atom. The molecule has 0 saturated carbocycles. The minimum Gasteiger partial charge on any atom is -0.305 e. The fourth-order valence-electron chi connectivity index (χ4n) is 1.77. The molecule has 0 aromatic heterocycles. The van der Waals surface area contributed by atoms with E-state index in [4.69, 9.17) is 0 Å². The van der Waals surface area contributed by atoms with E-state index in [0.29, 0.717) is 31.5 Å². The first kappa shape index (κ1) is 20.8. The molecule has 0 aliphatic rings. The van der Waals surface area contributed by atoms with Crippen molar-refractivity contribution < 1.29 is 8.42 Å². The maximum atomic E-state index is 12.4. The highest BCUT2D eigenvalue weighted by molar-refractivity contribution is 7.87. The van der Waals surface area contributed by atoms with E-state index in [1.165, 1.54) is 0 Å². The Labute approximate surface area is 132 Å². The Balaban J connectivity index is 4.53. The van der Waals surface area contributed by atoms with E-state index < -0.39 is 10.2 Å². The topological polar surface area (TPSA) is 52.7 Å². The third-order valence-electron chi connectivity index (χ3n) is 3.57. The van der Waals surface area contributed by atoms with Crippen LogP contribution in [-0.4, -0.2) is 57.4 Å². The molecule has 0 bridgehead atoms. The zero-order valence-electron chi connectivity index (χ0n) is 14.7. The number of nitrogens with one attached hydrogen (secondary N) is 1. The number of rotatable bonds is 12. The molecule has 128 valence electrons. The maximum absolute atomic E-state index is 12.4. The van der Waals surface area contributed by atoms with Crippen LogP contribution >= 0.6 is 0 Å². The quantitative estimate of drug-likeness (QED) is 0.599. The van der Waals surface area contributed by atoms with Crippen LogP contribution in [0.25, 0.3) is 0 Å². The van der Waals surface area contributed by atoms with Crippen LogP contribution in [0.5, 0.6) is 0 Å². The third kappa shape index (κ3) is 10.2. The minimum atomic E-state index is -3.36. The molecule has 0 aromatic rings. The van der Waals surface area contributed by atoms with Crippen LogP contribution in [0.1, 0.15) is 47.5 Å². The molecule has 0 rings (SSSR count). The Kier molecular flexibility index (Phi) is 10.5. The molecule has 21 heavy (non-hydrogen) atoms. The van der Waals surface area contributed by atoms with Gasteiger partial charge in [0.2, 0.25) is 0 Å². The zero-order chi connectivity index (χ0) is 16.5. The lowest BCUT2D eigenvalue weighted by molar-refractivity contribution is 0.339. The van der Waals surface area contributed by atoms with Crippen molar-refractivity contribution in [3.05, 3.63) is 0 Å². The van der Waals surface area contributed by atoms with E-state index in [-0.39, 0.29) is 0 Å². The van der Waals surface area contributed by atoms with Crippen LogP contribution in [0, 0.1) is 11.8 Å². The lowest BCUT2D eigenvalue weighted by Crippen LogP contribution is -2.44. The van der Waals surface area contributed by atoms with Crippen molar-refractivity contribution in [3.8, 4) is 0 Å². The Morgan fingerprint density at radius 3 is 1.81 bits per heavy atom. The molecule has 0 spiro atoms. The summed E-state index contributed by atoms with van der Waals surface area (Å²) in [5, 5.41) is 0. The van der Waals surface area contributed by atoms with E-state index in [1.54, 1.807) is 4.31 Å². The molecule has 0 aromatic carbocycles. The molecule has 0 heterocycles. The predicted octanol–water partition coefficient (Wildman–Crippen LogP) is 2.17. The van der Waals surface area contributed by atoms with E-state index in [1.807, 2.05) is 7.05 Å². The molecule has 0 aliphatic heterocycles. The van der Waals surface area contributed by atoms with Gasteiger partial charge < -0.3 is 4.90 Å². The molecule has 0 atom stereocenters. The van der Waals surface area contributed by atoms with Crippen molar-refractivity contribution in [1.82, 2.24) is 13.9 Å². The second-order valence-electron chi connectivity index (χ2n) is 6.56. The summed E-state index contributed by atoms with van der Waals surface area (Å²) in [7, 11) is -1.37. The molecule has 1 N–H and O–H groups in total. The first-order valence-electron chi connectivity index (χ1n) is 8.12. The zero-order valence-corrected chi connectivity index (χ0v) is 15.5. The van der Waals surface area contributed by atoms with E-state index in [0.717, 1.165) is 25.9 Å². The third-order valence-corrected chi connectivity index (χ3v) is 5.18.